The molecule has 2 aliphatic heterocycles. The Balaban J connectivity index is 1.13. The van der Waals surface area contributed by atoms with Crippen LogP contribution in [-0.2, 0) is 9.47 Å². The molecule has 0 radical (unpaired) electrons. The Kier molecular flexibility index (Phi) is 9.58. The molecular weight excluding hydrogens is 650 g/mol. The van der Waals surface area contributed by atoms with Crippen molar-refractivity contribution in [2.75, 3.05) is 44.3 Å². The molecule has 0 aromatic carbocycles. The van der Waals surface area contributed by atoms with Gasteiger partial charge in [-0.05, 0) is 58.7 Å². The van der Waals surface area contributed by atoms with Crippen molar-refractivity contribution in [2.45, 2.75) is 57.8 Å². The molecule has 49 heavy (non-hydrogen) atoms. The number of hydrogen-bond acceptors (Lipinski definition) is 11. The van der Waals surface area contributed by atoms with Crippen molar-refractivity contribution in [3.05, 3.63) is 65.5 Å². The Morgan fingerprint density at radius 2 is 1.96 bits per heavy atom. The van der Waals surface area contributed by atoms with Crippen LogP contribution in [0.25, 0.3) is 16.8 Å². The predicted octanol–water partition coefficient (Wildman–Crippen LogP) is 4.51. The monoisotopic (exact) mass is 687 g/mol. The van der Waals surface area contributed by atoms with Gasteiger partial charge >= 0.3 is 6.09 Å². The van der Waals surface area contributed by atoms with Crippen molar-refractivity contribution in [2.24, 2.45) is 0 Å². The van der Waals surface area contributed by atoms with Crippen LogP contribution in [0.15, 0.2) is 49.2 Å². The number of nitrogens with zero attached hydrogens (tertiary/aromatic N) is 8. The van der Waals surface area contributed by atoms with E-state index >= 15 is 0 Å². The van der Waals surface area contributed by atoms with Gasteiger partial charge in [0.25, 0.3) is 5.91 Å². The lowest BCUT2D eigenvalue weighted by Gasteiger charge is -2.40. The fourth-order valence-corrected chi connectivity index (χ4v) is 6.03. The molecule has 14 nitrogen and oxygen atoms in total. The number of pyridine rings is 2. The number of fused-ring (bicyclic) bond motifs is 1. The Labute approximate surface area is 288 Å². The first kappa shape index (κ1) is 33.9. The second-order valence-corrected chi connectivity index (χ2v) is 13.8. The number of nitrogens with one attached hydrogen (secondary N) is 1. The molecule has 2 amide bonds. The summed E-state index contributed by atoms with van der Waals surface area (Å²) in [6, 6.07) is 7.34. The Morgan fingerprint density at radius 1 is 1.16 bits per heavy atom. The van der Waals surface area contributed by atoms with Crippen LogP contribution in [0.2, 0.25) is 5.02 Å². The number of piperidine rings is 1. The third-order valence-corrected chi connectivity index (χ3v) is 8.73. The number of ether oxygens (including phenoxy) is 3. The quantitative estimate of drug-likeness (QED) is 0.291. The first-order valence-electron chi connectivity index (χ1n) is 16.1. The van der Waals surface area contributed by atoms with Gasteiger partial charge < -0.3 is 29.3 Å². The number of nitriles is 1. The van der Waals surface area contributed by atoms with Crippen LogP contribution in [0.1, 0.15) is 56.6 Å². The van der Waals surface area contributed by atoms with Crippen LogP contribution in [-0.4, -0.2) is 98.1 Å². The van der Waals surface area contributed by atoms with Gasteiger partial charge in [0.05, 0.1) is 59.7 Å². The topological polar surface area (TPSA) is 160 Å². The van der Waals surface area contributed by atoms with E-state index in [0.29, 0.717) is 84.6 Å². The number of amides is 2. The fourth-order valence-electron chi connectivity index (χ4n) is 5.82. The second kappa shape index (κ2) is 13.9. The van der Waals surface area contributed by atoms with Crippen molar-refractivity contribution >= 4 is 34.9 Å². The van der Waals surface area contributed by atoms with Crippen molar-refractivity contribution in [3.63, 3.8) is 0 Å². The SMILES string of the molecule is CC1(NC(=O)c2ncccc2Cl)CCN(c2cnc(-c3cc(OC[C@H]4CN(C(=O)OC(C)(C)C)CCO4)cn4ncc(C#N)c34)cn2)CC1. The minimum Gasteiger partial charge on any atom is -0.489 e. The van der Waals surface area contributed by atoms with E-state index < -0.39 is 11.1 Å². The summed E-state index contributed by atoms with van der Waals surface area (Å²) in [5, 5.41) is 17.6. The number of hydrogen-bond donors (Lipinski definition) is 1. The van der Waals surface area contributed by atoms with Crippen LogP contribution >= 0.6 is 11.6 Å². The second-order valence-electron chi connectivity index (χ2n) is 13.4. The lowest BCUT2D eigenvalue weighted by molar-refractivity contribution is -0.0557. The number of carbonyl (C=O) groups is 2. The molecule has 0 saturated carbocycles. The van der Waals surface area contributed by atoms with E-state index in [4.69, 9.17) is 35.8 Å². The van der Waals surface area contributed by atoms with Crippen LogP contribution in [0.4, 0.5) is 10.6 Å². The molecule has 4 aromatic heterocycles. The van der Waals surface area contributed by atoms with Crippen LogP contribution in [0.5, 0.6) is 5.75 Å². The molecule has 4 aromatic rings. The number of anilines is 1. The zero-order valence-corrected chi connectivity index (χ0v) is 28.6. The highest BCUT2D eigenvalue weighted by Crippen LogP contribution is 2.31. The maximum absolute atomic E-state index is 12.9. The largest absolute Gasteiger partial charge is 0.489 e. The molecule has 2 aliphatic rings. The van der Waals surface area contributed by atoms with Gasteiger partial charge in [0.1, 0.15) is 41.6 Å². The first-order valence-corrected chi connectivity index (χ1v) is 16.4. The van der Waals surface area contributed by atoms with Crippen molar-refractivity contribution in [1.29, 1.82) is 5.26 Å². The van der Waals surface area contributed by atoms with Gasteiger partial charge in [-0.2, -0.15) is 10.4 Å². The minimum absolute atomic E-state index is 0.185. The maximum atomic E-state index is 12.9. The van der Waals surface area contributed by atoms with Gasteiger partial charge in [0.15, 0.2) is 0 Å². The van der Waals surface area contributed by atoms with Crippen LogP contribution in [0, 0.1) is 11.3 Å². The molecule has 15 heteroatoms. The zero-order valence-electron chi connectivity index (χ0n) is 27.8. The summed E-state index contributed by atoms with van der Waals surface area (Å²) in [7, 11) is 0. The summed E-state index contributed by atoms with van der Waals surface area (Å²) in [5.74, 6) is 0.892. The lowest BCUT2D eigenvalue weighted by Crippen LogP contribution is -2.53. The molecule has 6 heterocycles. The highest BCUT2D eigenvalue weighted by molar-refractivity contribution is 6.33. The van der Waals surface area contributed by atoms with E-state index in [1.165, 1.54) is 6.20 Å². The zero-order chi connectivity index (χ0) is 34.8. The Hall–Kier alpha value is -5.00. The van der Waals surface area contributed by atoms with Gasteiger partial charge in [0.2, 0.25) is 0 Å². The summed E-state index contributed by atoms with van der Waals surface area (Å²) in [4.78, 5) is 42.8. The summed E-state index contributed by atoms with van der Waals surface area (Å²) >= 11 is 6.18. The average Bonchev–Trinajstić information content (AvgIpc) is 3.50. The number of rotatable bonds is 7. The summed E-state index contributed by atoms with van der Waals surface area (Å²) in [6.07, 6.45) is 8.75. The third kappa shape index (κ3) is 7.84. The molecule has 256 valence electrons. The number of morpholine rings is 1. The first-order chi connectivity index (χ1) is 23.4. The van der Waals surface area contributed by atoms with E-state index in [9.17, 15) is 14.9 Å². The molecule has 6 rings (SSSR count). The van der Waals surface area contributed by atoms with Crippen LogP contribution in [0.3, 0.4) is 0 Å². The molecule has 2 fully saturated rings. The molecule has 1 N–H and O–H groups in total. The normalized spacial score (nSPS) is 17.8. The van der Waals surface area contributed by atoms with Crippen LogP contribution < -0.4 is 15.0 Å². The van der Waals surface area contributed by atoms with Crippen molar-refractivity contribution in [1.82, 2.24) is 34.8 Å². The average molecular weight is 688 g/mol. The lowest BCUT2D eigenvalue weighted by atomic mass is 9.89. The highest BCUT2D eigenvalue weighted by Gasteiger charge is 2.33. The molecule has 0 bridgehead atoms. The summed E-state index contributed by atoms with van der Waals surface area (Å²) in [6.45, 7) is 10.2. The van der Waals surface area contributed by atoms with E-state index in [1.807, 2.05) is 27.7 Å². The third-order valence-electron chi connectivity index (χ3n) is 8.43. The van der Waals surface area contributed by atoms with Crippen molar-refractivity contribution < 1.29 is 23.8 Å². The molecular formula is C34H38ClN9O5. The van der Waals surface area contributed by atoms with E-state index in [2.05, 4.69) is 26.4 Å². The standard InChI is InChI=1S/C34H38ClN9O5/c1-33(2,3)49-32(46)43-12-13-47-24(19-43)21-48-23-14-25(30-22(15-36)16-40-44(30)20-23)27-17-39-28(18-38-27)42-10-7-34(4,8-11-42)41-31(45)29-26(35)6-5-9-37-29/h5-6,9,14,16-18,20,24H,7-8,10-13,19,21H2,1-4H3,(H,41,45)/t24-/m1/s1. The van der Waals surface area contributed by atoms with E-state index in [-0.39, 0.29) is 30.4 Å². The molecule has 2 saturated heterocycles. The van der Waals surface area contributed by atoms with Gasteiger partial charge in [-0.1, -0.05) is 11.6 Å². The van der Waals surface area contributed by atoms with E-state index in [0.717, 1.165) is 0 Å². The maximum Gasteiger partial charge on any atom is 0.410 e. The van der Waals surface area contributed by atoms with Gasteiger partial charge in [-0.25, -0.2) is 19.3 Å². The summed E-state index contributed by atoms with van der Waals surface area (Å²) < 4.78 is 19.1. The number of aromatic nitrogens is 5. The number of halogens is 1. The Bertz CT molecular complexity index is 1880. The smallest absolute Gasteiger partial charge is 0.410 e. The summed E-state index contributed by atoms with van der Waals surface area (Å²) in [5.41, 5.74) is 1.34. The van der Waals surface area contributed by atoms with Gasteiger partial charge in [-0.15, -0.1) is 0 Å². The highest BCUT2D eigenvalue weighted by atomic mass is 35.5. The predicted molar refractivity (Wildman–Crippen MR) is 181 cm³/mol. The van der Waals surface area contributed by atoms with Gasteiger partial charge in [0, 0.05) is 36.9 Å². The van der Waals surface area contributed by atoms with Crippen molar-refractivity contribution in [3.8, 4) is 23.1 Å². The van der Waals surface area contributed by atoms with E-state index in [1.54, 1.807) is 52.4 Å². The molecule has 0 spiro atoms. The minimum atomic E-state index is -0.592. The fraction of sp³-hybridized carbons (Fsp3) is 0.441. The Morgan fingerprint density at radius 3 is 2.65 bits per heavy atom. The molecule has 1 atom stereocenters. The van der Waals surface area contributed by atoms with Gasteiger partial charge in [-0.3, -0.25) is 9.78 Å². The number of carbonyl (C=O) groups excluding carboxylic acids is 2. The molecule has 0 aliphatic carbocycles. The molecule has 0 unspecified atom stereocenters.